The summed E-state index contributed by atoms with van der Waals surface area (Å²) in [6.45, 7) is 4.10. The average molecular weight is 441 g/mol. The summed E-state index contributed by atoms with van der Waals surface area (Å²) in [7, 11) is 0. The highest BCUT2D eigenvalue weighted by molar-refractivity contribution is 6.14. The van der Waals surface area contributed by atoms with E-state index < -0.39 is 23.5 Å². The lowest BCUT2D eigenvalue weighted by Gasteiger charge is -2.26. The number of carbonyl (C=O) groups excluding carboxylic acids is 2. The molecule has 0 saturated heterocycles. The summed E-state index contributed by atoms with van der Waals surface area (Å²) < 4.78 is 10.9. The fourth-order valence-corrected chi connectivity index (χ4v) is 3.71. The van der Waals surface area contributed by atoms with Gasteiger partial charge in [0.25, 0.3) is 5.91 Å². The Labute approximate surface area is 191 Å². The van der Waals surface area contributed by atoms with Crippen molar-refractivity contribution in [2.45, 2.75) is 12.6 Å². The maximum Gasteiger partial charge on any atom is 0.290 e. The summed E-state index contributed by atoms with van der Waals surface area (Å²) in [4.78, 5) is 27.6. The Morgan fingerprint density at radius 2 is 1.85 bits per heavy atom. The highest BCUT2D eigenvalue weighted by Gasteiger charge is 2.43. The van der Waals surface area contributed by atoms with Crippen LogP contribution in [0.5, 0.6) is 5.75 Å². The minimum absolute atomic E-state index is 0.0264. The first kappa shape index (κ1) is 21.9. The van der Waals surface area contributed by atoms with E-state index in [-0.39, 0.29) is 12.1 Å². The van der Waals surface area contributed by atoms with Crippen LogP contribution in [-0.2, 0) is 16.1 Å². The van der Waals surface area contributed by atoms with Gasteiger partial charge in [0, 0.05) is 0 Å². The third-order valence-corrected chi connectivity index (χ3v) is 5.27. The van der Waals surface area contributed by atoms with Gasteiger partial charge in [-0.3, -0.25) is 9.59 Å². The maximum atomic E-state index is 13.2. The molecule has 1 atom stereocenters. The van der Waals surface area contributed by atoms with Crippen molar-refractivity contribution in [2.24, 2.45) is 0 Å². The van der Waals surface area contributed by atoms with E-state index >= 15 is 0 Å². The van der Waals surface area contributed by atoms with Crippen LogP contribution in [0, 0.1) is 0 Å². The van der Waals surface area contributed by atoms with Gasteiger partial charge in [-0.25, -0.2) is 0 Å². The predicted octanol–water partition coefficient (Wildman–Crippen LogP) is 5.02. The highest BCUT2D eigenvalue weighted by Crippen LogP contribution is 2.39. The van der Waals surface area contributed by atoms with Gasteiger partial charge in [-0.05, 0) is 41.5 Å². The summed E-state index contributed by atoms with van der Waals surface area (Å²) in [6, 6.07) is 19.1. The number of benzene rings is 2. The number of hydrogen-bond donors (Lipinski definition) is 1. The molecule has 33 heavy (non-hydrogen) atoms. The van der Waals surface area contributed by atoms with Crippen molar-refractivity contribution in [1.82, 2.24) is 4.90 Å². The van der Waals surface area contributed by atoms with Gasteiger partial charge in [0.2, 0.25) is 0 Å². The first-order valence-electron chi connectivity index (χ1n) is 10.5. The Balaban J connectivity index is 1.69. The number of amides is 1. The number of allylic oxidation sites excluding steroid dienone is 1. The number of aliphatic hydroxyl groups excluding tert-OH is 1. The van der Waals surface area contributed by atoms with E-state index in [2.05, 4.69) is 6.58 Å². The van der Waals surface area contributed by atoms with Crippen LogP contribution in [0.2, 0.25) is 0 Å². The van der Waals surface area contributed by atoms with Crippen molar-refractivity contribution >= 4 is 17.8 Å². The lowest BCUT2D eigenvalue weighted by molar-refractivity contribution is -0.130. The Hall–Kier alpha value is -4.32. The van der Waals surface area contributed by atoms with E-state index in [1.807, 2.05) is 30.3 Å². The van der Waals surface area contributed by atoms with E-state index in [4.69, 9.17) is 9.15 Å². The Kier molecular flexibility index (Phi) is 6.55. The fraction of sp³-hybridized carbons (Fsp3) is 0.111. The minimum atomic E-state index is -0.774. The van der Waals surface area contributed by atoms with Gasteiger partial charge in [-0.15, -0.1) is 0 Å². The van der Waals surface area contributed by atoms with Crippen molar-refractivity contribution in [3.05, 3.63) is 120 Å². The van der Waals surface area contributed by atoms with Gasteiger partial charge in [0.1, 0.15) is 18.1 Å². The molecule has 0 aliphatic carbocycles. The quantitative estimate of drug-likeness (QED) is 0.372. The summed E-state index contributed by atoms with van der Waals surface area (Å²) in [6.07, 6.45) is 6.19. The van der Waals surface area contributed by atoms with Crippen molar-refractivity contribution in [3.63, 3.8) is 0 Å². The van der Waals surface area contributed by atoms with Crippen LogP contribution in [0.4, 0.5) is 0 Å². The molecule has 1 unspecified atom stereocenters. The molecule has 2 heterocycles. The minimum Gasteiger partial charge on any atom is -0.503 e. The van der Waals surface area contributed by atoms with Gasteiger partial charge >= 0.3 is 0 Å². The number of rotatable bonds is 9. The first-order valence-corrected chi connectivity index (χ1v) is 10.5. The normalized spacial score (nSPS) is 15.9. The number of furan rings is 1. The summed E-state index contributed by atoms with van der Waals surface area (Å²) in [5.41, 5.74) is 1.53. The molecule has 1 aromatic heterocycles. The van der Waals surface area contributed by atoms with Gasteiger partial charge in [-0.2, -0.15) is 0 Å². The van der Waals surface area contributed by atoms with Crippen LogP contribution in [-0.4, -0.2) is 28.3 Å². The zero-order valence-electron chi connectivity index (χ0n) is 17.9. The molecule has 0 saturated carbocycles. The van der Waals surface area contributed by atoms with Crippen molar-refractivity contribution in [2.75, 3.05) is 6.61 Å². The first-order chi connectivity index (χ1) is 16.1. The van der Waals surface area contributed by atoms with Crippen molar-refractivity contribution in [1.29, 1.82) is 0 Å². The number of aliphatic hydroxyl groups is 1. The number of nitrogens with zero attached hydrogens (tertiary/aromatic N) is 1. The van der Waals surface area contributed by atoms with Crippen molar-refractivity contribution < 1.29 is 23.8 Å². The van der Waals surface area contributed by atoms with Gasteiger partial charge in [0.05, 0.1) is 24.4 Å². The third-order valence-electron chi connectivity index (χ3n) is 5.27. The Morgan fingerprint density at radius 3 is 2.52 bits per heavy atom. The van der Waals surface area contributed by atoms with Crippen LogP contribution < -0.4 is 4.74 Å². The molecule has 1 amide bonds. The van der Waals surface area contributed by atoms with Gasteiger partial charge in [-0.1, -0.05) is 61.2 Å². The molecule has 4 rings (SSSR count). The fourth-order valence-electron chi connectivity index (χ4n) is 3.71. The smallest absolute Gasteiger partial charge is 0.290 e. The Morgan fingerprint density at radius 1 is 1.09 bits per heavy atom. The monoisotopic (exact) mass is 441 g/mol. The van der Waals surface area contributed by atoms with E-state index in [0.29, 0.717) is 23.7 Å². The highest BCUT2D eigenvalue weighted by atomic mass is 16.5. The van der Waals surface area contributed by atoms with E-state index in [0.717, 1.165) is 5.56 Å². The zero-order valence-corrected chi connectivity index (χ0v) is 17.9. The van der Waals surface area contributed by atoms with Crippen molar-refractivity contribution in [3.8, 4) is 5.75 Å². The van der Waals surface area contributed by atoms with E-state index in [1.165, 1.54) is 17.2 Å². The van der Waals surface area contributed by atoms with Crippen LogP contribution in [0.1, 0.15) is 22.9 Å². The molecule has 1 N–H and O–H groups in total. The molecule has 0 fully saturated rings. The second kappa shape index (κ2) is 9.87. The largest absolute Gasteiger partial charge is 0.503 e. The molecule has 3 aromatic rings. The standard InChI is InChI=1S/C27H23NO5/c1-2-16-32-21-13-11-20(12-14-21)25-24(23(29)15-10-19-7-4-3-5-8-19)26(30)27(31)28(25)18-22-9-6-17-33-22/h2-15,17,25,30H,1,16,18H2. The van der Waals surface area contributed by atoms with E-state index in [9.17, 15) is 14.7 Å². The molecule has 6 heteroatoms. The number of hydrogen-bond acceptors (Lipinski definition) is 5. The lowest BCUT2D eigenvalue weighted by atomic mass is 9.95. The maximum absolute atomic E-state index is 13.2. The SMILES string of the molecule is C=CCOc1ccc(C2C(C(=O)C=Cc3ccccc3)=C(O)C(=O)N2Cc2ccco2)cc1. The third kappa shape index (κ3) is 4.80. The van der Waals surface area contributed by atoms with Crippen LogP contribution in [0.3, 0.4) is 0 Å². The number of ether oxygens (including phenoxy) is 1. The summed E-state index contributed by atoms with van der Waals surface area (Å²) in [5, 5.41) is 10.7. The zero-order chi connectivity index (χ0) is 23.2. The molecule has 2 aromatic carbocycles. The molecular formula is C27H23NO5. The number of carbonyl (C=O) groups is 2. The lowest BCUT2D eigenvalue weighted by Crippen LogP contribution is -2.30. The molecule has 1 aliphatic heterocycles. The van der Waals surface area contributed by atoms with Crippen LogP contribution >= 0.6 is 0 Å². The average Bonchev–Trinajstić information content (AvgIpc) is 3.45. The van der Waals surface area contributed by atoms with Crippen LogP contribution in [0.25, 0.3) is 6.08 Å². The predicted molar refractivity (Wildman–Crippen MR) is 124 cm³/mol. The second-order valence-corrected chi connectivity index (χ2v) is 7.45. The summed E-state index contributed by atoms with van der Waals surface area (Å²) in [5.74, 6) is -0.448. The molecular weight excluding hydrogens is 418 g/mol. The Bertz CT molecular complexity index is 1190. The van der Waals surface area contributed by atoms with E-state index in [1.54, 1.807) is 48.6 Å². The molecule has 6 nitrogen and oxygen atoms in total. The van der Waals surface area contributed by atoms with Gasteiger partial charge < -0.3 is 19.2 Å². The number of ketones is 1. The summed E-state index contributed by atoms with van der Waals surface area (Å²) >= 11 is 0. The molecule has 166 valence electrons. The molecule has 0 bridgehead atoms. The van der Waals surface area contributed by atoms with Crippen LogP contribution in [0.15, 0.2) is 107 Å². The molecule has 0 radical (unpaired) electrons. The molecule has 0 spiro atoms. The van der Waals surface area contributed by atoms with Gasteiger partial charge in [0.15, 0.2) is 11.5 Å². The topological polar surface area (TPSA) is 80.0 Å². The second-order valence-electron chi connectivity index (χ2n) is 7.45. The molecule has 1 aliphatic rings.